The summed E-state index contributed by atoms with van der Waals surface area (Å²) in [5.41, 5.74) is -0.846. The molecule has 4 nitrogen and oxygen atoms in total. The van der Waals surface area contributed by atoms with E-state index in [0.29, 0.717) is 4.88 Å². The zero-order valence-corrected chi connectivity index (χ0v) is 13.0. The van der Waals surface area contributed by atoms with Gasteiger partial charge in [-0.2, -0.15) is 13.2 Å². The molecule has 22 heavy (non-hydrogen) atoms. The minimum atomic E-state index is -4.58. The summed E-state index contributed by atoms with van der Waals surface area (Å²) >= 11 is 2.10. The summed E-state index contributed by atoms with van der Waals surface area (Å²) in [6, 6.07) is 4.30. The molecule has 0 N–H and O–H groups in total. The standard InChI is InChI=1S/C13H11F3N2O2S2/c1-2-20-11(19)7-22-12-17-8(9-4-3-5-21-9)6-10(18-12)13(14,15)16/h3-6H,2,7H2,1H3. The van der Waals surface area contributed by atoms with Crippen LogP contribution in [0.2, 0.25) is 0 Å². The normalized spacial score (nSPS) is 11.5. The number of halogens is 3. The van der Waals surface area contributed by atoms with Crippen molar-refractivity contribution in [3.8, 4) is 10.6 Å². The molecule has 0 aliphatic heterocycles. The average molecular weight is 348 g/mol. The molecule has 9 heteroatoms. The number of aromatic nitrogens is 2. The molecule has 0 aromatic carbocycles. The Morgan fingerprint density at radius 2 is 2.18 bits per heavy atom. The van der Waals surface area contributed by atoms with Crippen molar-refractivity contribution in [2.75, 3.05) is 12.4 Å². The van der Waals surface area contributed by atoms with Crippen molar-refractivity contribution in [1.29, 1.82) is 0 Å². The number of rotatable bonds is 5. The SMILES string of the molecule is CCOC(=O)CSc1nc(-c2cccs2)cc(C(F)(F)F)n1. The quantitative estimate of drug-likeness (QED) is 0.466. The summed E-state index contributed by atoms with van der Waals surface area (Å²) in [4.78, 5) is 19.4. The largest absolute Gasteiger partial charge is 0.465 e. The Hall–Kier alpha value is -1.61. The van der Waals surface area contributed by atoms with Crippen molar-refractivity contribution in [3.05, 3.63) is 29.3 Å². The van der Waals surface area contributed by atoms with Crippen LogP contribution < -0.4 is 0 Å². The van der Waals surface area contributed by atoms with Gasteiger partial charge in [-0.05, 0) is 24.4 Å². The Balaban J connectivity index is 2.29. The number of thioether (sulfide) groups is 1. The van der Waals surface area contributed by atoms with Gasteiger partial charge in [0.05, 0.1) is 22.9 Å². The second-order valence-electron chi connectivity index (χ2n) is 3.99. The summed E-state index contributed by atoms with van der Waals surface area (Å²) in [6.45, 7) is 1.86. The number of nitrogens with zero attached hydrogens (tertiary/aromatic N) is 2. The van der Waals surface area contributed by atoms with E-state index in [2.05, 4.69) is 9.97 Å². The molecule has 0 aliphatic rings. The van der Waals surface area contributed by atoms with Gasteiger partial charge in [0, 0.05) is 0 Å². The third-order valence-electron chi connectivity index (χ3n) is 2.39. The van der Waals surface area contributed by atoms with Crippen LogP contribution in [0.4, 0.5) is 13.2 Å². The number of hydrogen-bond acceptors (Lipinski definition) is 6. The van der Waals surface area contributed by atoms with E-state index >= 15 is 0 Å². The minimum absolute atomic E-state index is 0.105. The lowest BCUT2D eigenvalue weighted by molar-refractivity contribution is -0.141. The maximum Gasteiger partial charge on any atom is 0.433 e. The highest BCUT2D eigenvalue weighted by atomic mass is 32.2. The zero-order chi connectivity index (χ0) is 16.2. The maximum absolute atomic E-state index is 12.9. The summed E-state index contributed by atoms with van der Waals surface area (Å²) in [5, 5.41) is 1.64. The van der Waals surface area contributed by atoms with Gasteiger partial charge < -0.3 is 4.74 Å². The third-order valence-corrected chi connectivity index (χ3v) is 4.11. The smallest absolute Gasteiger partial charge is 0.433 e. The molecule has 2 rings (SSSR count). The number of hydrogen-bond donors (Lipinski definition) is 0. The average Bonchev–Trinajstić information content (AvgIpc) is 2.98. The predicted molar refractivity (Wildman–Crippen MR) is 77.7 cm³/mol. The van der Waals surface area contributed by atoms with E-state index in [1.165, 1.54) is 11.3 Å². The molecule has 118 valence electrons. The fourth-order valence-corrected chi connectivity index (χ4v) is 2.85. The van der Waals surface area contributed by atoms with Gasteiger partial charge in [0.15, 0.2) is 5.16 Å². The van der Waals surface area contributed by atoms with Crippen molar-refractivity contribution in [2.45, 2.75) is 18.3 Å². The third kappa shape index (κ3) is 4.44. The maximum atomic E-state index is 12.9. The first kappa shape index (κ1) is 16.8. The lowest BCUT2D eigenvalue weighted by Crippen LogP contribution is -2.11. The first-order chi connectivity index (χ1) is 10.4. The van der Waals surface area contributed by atoms with Crippen LogP contribution in [-0.2, 0) is 15.7 Å². The fourth-order valence-electron chi connectivity index (χ4n) is 1.51. The van der Waals surface area contributed by atoms with Crippen molar-refractivity contribution >= 4 is 29.1 Å². The summed E-state index contributed by atoms with van der Waals surface area (Å²) in [7, 11) is 0. The fraction of sp³-hybridized carbons (Fsp3) is 0.308. The van der Waals surface area contributed by atoms with Crippen LogP contribution in [0.15, 0.2) is 28.7 Å². The van der Waals surface area contributed by atoms with E-state index in [0.717, 1.165) is 17.8 Å². The molecule has 2 aromatic rings. The highest BCUT2D eigenvalue weighted by molar-refractivity contribution is 7.99. The number of carbonyl (C=O) groups excluding carboxylic acids is 1. The molecule has 0 amide bonds. The van der Waals surface area contributed by atoms with Crippen LogP contribution in [0.1, 0.15) is 12.6 Å². The monoisotopic (exact) mass is 348 g/mol. The molecule has 0 fully saturated rings. The molecule has 2 heterocycles. The van der Waals surface area contributed by atoms with Crippen LogP contribution in [0.3, 0.4) is 0 Å². The molecule has 0 spiro atoms. The van der Waals surface area contributed by atoms with Crippen LogP contribution >= 0.6 is 23.1 Å². The Bertz CT molecular complexity index is 645. The molecule has 0 atom stereocenters. The van der Waals surface area contributed by atoms with Gasteiger partial charge in [-0.3, -0.25) is 4.79 Å². The minimum Gasteiger partial charge on any atom is -0.465 e. The number of esters is 1. The van der Waals surface area contributed by atoms with Gasteiger partial charge in [0.2, 0.25) is 0 Å². The Labute approximate surface area is 132 Å². The van der Waals surface area contributed by atoms with E-state index < -0.39 is 17.8 Å². The van der Waals surface area contributed by atoms with Gasteiger partial charge in [0.1, 0.15) is 5.69 Å². The van der Waals surface area contributed by atoms with Crippen LogP contribution in [0.5, 0.6) is 0 Å². The van der Waals surface area contributed by atoms with Crippen LogP contribution in [0, 0.1) is 0 Å². The first-order valence-electron chi connectivity index (χ1n) is 6.18. The van der Waals surface area contributed by atoms with Gasteiger partial charge in [0.25, 0.3) is 0 Å². The van der Waals surface area contributed by atoms with E-state index in [4.69, 9.17) is 4.74 Å². The van der Waals surface area contributed by atoms with Gasteiger partial charge in [-0.1, -0.05) is 17.8 Å². The number of alkyl halides is 3. The summed E-state index contributed by atoms with van der Waals surface area (Å²) in [6.07, 6.45) is -4.58. The highest BCUT2D eigenvalue weighted by Crippen LogP contribution is 2.33. The molecule has 0 unspecified atom stereocenters. The molecule has 0 radical (unpaired) electrons. The molecule has 0 bridgehead atoms. The van der Waals surface area contributed by atoms with Crippen molar-refractivity contribution in [3.63, 3.8) is 0 Å². The lowest BCUT2D eigenvalue weighted by Gasteiger charge is -2.09. The summed E-state index contributed by atoms with van der Waals surface area (Å²) < 4.78 is 43.5. The number of thiophene rings is 1. The molecule has 0 aliphatic carbocycles. The number of carbonyl (C=O) groups is 1. The van der Waals surface area contributed by atoms with E-state index in [1.54, 1.807) is 24.4 Å². The lowest BCUT2D eigenvalue weighted by atomic mass is 10.3. The Morgan fingerprint density at radius 3 is 2.77 bits per heavy atom. The second kappa shape index (κ2) is 7.10. The van der Waals surface area contributed by atoms with E-state index in [-0.39, 0.29) is 23.2 Å². The highest BCUT2D eigenvalue weighted by Gasteiger charge is 2.34. The predicted octanol–water partition coefficient (Wildman–Crippen LogP) is 3.88. The van der Waals surface area contributed by atoms with Gasteiger partial charge in [-0.15, -0.1) is 11.3 Å². The van der Waals surface area contributed by atoms with E-state index in [9.17, 15) is 18.0 Å². The molecular formula is C13H11F3N2O2S2. The molecule has 2 aromatic heterocycles. The zero-order valence-electron chi connectivity index (χ0n) is 11.4. The topological polar surface area (TPSA) is 52.1 Å². The number of ether oxygens (including phenoxy) is 1. The van der Waals surface area contributed by atoms with Crippen molar-refractivity contribution in [2.24, 2.45) is 0 Å². The van der Waals surface area contributed by atoms with Crippen molar-refractivity contribution in [1.82, 2.24) is 9.97 Å². The summed E-state index contributed by atoms with van der Waals surface area (Å²) in [5.74, 6) is -0.662. The second-order valence-corrected chi connectivity index (χ2v) is 5.88. The van der Waals surface area contributed by atoms with Gasteiger partial charge >= 0.3 is 12.1 Å². The molecule has 0 saturated carbocycles. The van der Waals surface area contributed by atoms with Crippen LogP contribution in [-0.4, -0.2) is 28.3 Å². The molecular weight excluding hydrogens is 337 g/mol. The first-order valence-corrected chi connectivity index (χ1v) is 8.05. The van der Waals surface area contributed by atoms with Crippen LogP contribution in [0.25, 0.3) is 10.6 Å². The van der Waals surface area contributed by atoms with E-state index in [1.807, 2.05) is 0 Å². The Morgan fingerprint density at radius 1 is 1.41 bits per heavy atom. The molecule has 0 saturated heterocycles. The van der Waals surface area contributed by atoms with Crippen molar-refractivity contribution < 1.29 is 22.7 Å². The Kier molecular flexibility index (Phi) is 5.41. The van der Waals surface area contributed by atoms with Gasteiger partial charge in [-0.25, -0.2) is 9.97 Å².